The van der Waals surface area contributed by atoms with Gasteiger partial charge in [0, 0.05) is 18.1 Å². The highest BCUT2D eigenvalue weighted by Crippen LogP contribution is 2.41. The summed E-state index contributed by atoms with van der Waals surface area (Å²) in [6, 6.07) is 1.73. The van der Waals surface area contributed by atoms with Gasteiger partial charge in [0.1, 0.15) is 0 Å². The van der Waals surface area contributed by atoms with E-state index >= 15 is 0 Å². The molecular formula is C16H32N2. The van der Waals surface area contributed by atoms with Gasteiger partial charge in [0.2, 0.25) is 0 Å². The highest BCUT2D eigenvalue weighted by Gasteiger charge is 2.38. The minimum atomic E-state index is 0.325. The van der Waals surface area contributed by atoms with Gasteiger partial charge in [-0.05, 0) is 56.9 Å². The van der Waals surface area contributed by atoms with Crippen molar-refractivity contribution < 1.29 is 0 Å². The summed E-state index contributed by atoms with van der Waals surface area (Å²) in [5.74, 6) is 0.870. The van der Waals surface area contributed by atoms with Crippen molar-refractivity contribution in [2.45, 2.75) is 84.3 Å². The number of rotatable bonds is 2. The van der Waals surface area contributed by atoms with Gasteiger partial charge in [-0.2, -0.15) is 0 Å². The molecule has 2 N–H and O–H groups in total. The van der Waals surface area contributed by atoms with E-state index in [0.29, 0.717) is 17.5 Å². The van der Waals surface area contributed by atoms with Gasteiger partial charge in [-0.25, -0.2) is 0 Å². The highest BCUT2D eigenvalue weighted by atomic mass is 15.2. The fraction of sp³-hybridized carbons (Fsp3) is 1.00. The third kappa shape index (κ3) is 3.27. The minimum Gasteiger partial charge on any atom is -0.327 e. The lowest BCUT2D eigenvalue weighted by molar-refractivity contribution is 0.0145. The first-order chi connectivity index (χ1) is 8.39. The lowest BCUT2D eigenvalue weighted by Crippen LogP contribution is -2.55. The molecule has 1 saturated carbocycles. The second kappa shape index (κ2) is 5.50. The van der Waals surface area contributed by atoms with E-state index in [1.807, 2.05) is 0 Å². The Morgan fingerprint density at radius 1 is 1.22 bits per heavy atom. The summed E-state index contributed by atoms with van der Waals surface area (Å²) in [6.07, 6.45) is 8.18. The van der Waals surface area contributed by atoms with Crippen LogP contribution in [0.5, 0.6) is 0 Å². The van der Waals surface area contributed by atoms with E-state index in [1.165, 1.54) is 45.1 Å². The van der Waals surface area contributed by atoms with Crippen LogP contribution >= 0.6 is 0 Å². The fourth-order valence-corrected chi connectivity index (χ4v) is 4.55. The summed E-state index contributed by atoms with van der Waals surface area (Å²) in [4.78, 5) is 2.77. The van der Waals surface area contributed by atoms with E-state index in [0.717, 1.165) is 12.0 Å². The summed E-state index contributed by atoms with van der Waals surface area (Å²) in [5.41, 5.74) is 6.74. The van der Waals surface area contributed by atoms with Gasteiger partial charge in [-0.3, -0.25) is 4.90 Å². The zero-order chi connectivity index (χ0) is 13.3. The number of piperidine rings is 1. The van der Waals surface area contributed by atoms with Gasteiger partial charge >= 0.3 is 0 Å². The normalized spacial score (nSPS) is 39.5. The third-order valence-electron chi connectivity index (χ3n) is 5.03. The van der Waals surface area contributed by atoms with Crippen LogP contribution in [0.15, 0.2) is 0 Å². The van der Waals surface area contributed by atoms with Crippen molar-refractivity contribution in [2.24, 2.45) is 17.1 Å². The van der Waals surface area contributed by atoms with E-state index in [4.69, 9.17) is 5.73 Å². The molecule has 0 aromatic heterocycles. The lowest BCUT2D eigenvalue weighted by atomic mass is 9.69. The Hall–Kier alpha value is -0.0800. The largest absolute Gasteiger partial charge is 0.327 e. The molecule has 2 heteroatoms. The van der Waals surface area contributed by atoms with Crippen molar-refractivity contribution in [1.29, 1.82) is 0 Å². The van der Waals surface area contributed by atoms with E-state index < -0.39 is 0 Å². The van der Waals surface area contributed by atoms with Crippen LogP contribution in [-0.2, 0) is 0 Å². The first-order valence-electron chi connectivity index (χ1n) is 7.90. The molecule has 106 valence electrons. The van der Waals surface area contributed by atoms with Crippen molar-refractivity contribution >= 4 is 0 Å². The van der Waals surface area contributed by atoms with Crippen LogP contribution in [0.3, 0.4) is 0 Å². The summed E-state index contributed by atoms with van der Waals surface area (Å²) in [7, 11) is 0. The van der Waals surface area contributed by atoms with Crippen LogP contribution < -0.4 is 5.73 Å². The van der Waals surface area contributed by atoms with Gasteiger partial charge in [-0.1, -0.05) is 27.2 Å². The van der Waals surface area contributed by atoms with Crippen LogP contribution in [0, 0.1) is 11.3 Å². The quantitative estimate of drug-likeness (QED) is 0.816. The third-order valence-corrected chi connectivity index (χ3v) is 5.03. The van der Waals surface area contributed by atoms with Crippen LogP contribution in [0.4, 0.5) is 0 Å². The van der Waals surface area contributed by atoms with Crippen molar-refractivity contribution in [3.05, 3.63) is 0 Å². The molecule has 0 radical (unpaired) electrons. The van der Waals surface area contributed by atoms with E-state index in [1.54, 1.807) is 0 Å². The molecule has 1 aliphatic carbocycles. The number of nitrogens with zero attached hydrogens (tertiary/aromatic N) is 1. The predicted molar refractivity (Wildman–Crippen MR) is 78.6 cm³/mol. The molecular weight excluding hydrogens is 220 g/mol. The molecule has 0 aromatic rings. The van der Waals surface area contributed by atoms with Crippen LogP contribution in [-0.4, -0.2) is 29.6 Å². The van der Waals surface area contributed by atoms with E-state index in [2.05, 4.69) is 32.6 Å². The summed E-state index contributed by atoms with van der Waals surface area (Å²) >= 11 is 0. The van der Waals surface area contributed by atoms with E-state index in [-0.39, 0.29) is 0 Å². The second-order valence-electron chi connectivity index (χ2n) is 7.73. The molecule has 4 unspecified atom stereocenters. The average Bonchev–Trinajstić information content (AvgIpc) is 2.26. The average molecular weight is 252 g/mol. The molecule has 2 nitrogen and oxygen atoms in total. The topological polar surface area (TPSA) is 29.3 Å². The number of nitrogens with two attached hydrogens (primary N) is 1. The summed E-state index contributed by atoms with van der Waals surface area (Å²) < 4.78 is 0. The predicted octanol–water partition coefficient (Wildman–Crippen LogP) is 3.40. The number of hydrogen-bond donors (Lipinski definition) is 1. The monoisotopic (exact) mass is 252 g/mol. The Morgan fingerprint density at radius 2 is 1.94 bits per heavy atom. The van der Waals surface area contributed by atoms with Crippen molar-refractivity contribution in [2.75, 3.05) is 6.54 Å². The van der Waals surface area contributed by atoms with E-state index in [9.17, 15) is 0 Å². The van der Waals surface area contributed by atoms with Crippen LogP contribution in [0.25, 0.3) is 0 Å². The molecule has 2 rings (SSSR count). The molecule has 0 aromatic carbocycles. The molecule has 0 spiro atoms. The molecule has 1 saturated heterocycles. The van der Waals surface area contributed by atoms with Gasteiger partial charge in [-0.15, -0.1) is 0 Å². The Morgan fingerprint density at radius 3 is 2.56 bits per heavy atom. The molecule has 1 aliphatic heterocycles. The maximum absolute atomic E-state index is 6.22. The Bertz CT molecular complexity index is 272. The number of hydrogen-bond acceptors (Lipinski definition) is 2. The van der Waals surface area contributed by atoms with Crippen LogP contribution in [0.1, 0.15) is 66.2 Å². The van der Waals surface area contributed by atoms with Crippen molar-refractivity contribution in [1.82, 2.24) is 4.90 Å². The standard InChI is InChI=1S/C16H32N2/c1-12-9-14(11-16(3,4)10-12)18-8-6-5-7-15(18)13(2)17/h12-15H,5-11,17H2,1-4H3. The maximum atomic E-state index is 6.22. The molecule has 1 heterocycles. The fourth-order valence-electron chi connectivity index (χ4n) is 4.55. The number of likely N-dealkylation sites (tertiary alicyclic amines) is 1. The maximum Gasteiger partial charge on any atom is 0.0247 e. The van der Waals surface area contributed by atoms with Crippen molar-refractivity contribution in [3.8, 4) is 0 Å². The zero-order valence-electron chi connectivity index (χ0n) is 12.8. The summed E-state index contributed by atoms with van der Waals surface area (Å²) in [5, 5.41) is 0. The van der Waals surface area contributed by atoms with Crippen molar-refractivity contribution in [3.63, 3.8) is 0 Å². The lowest BCUT2D eigenvalue weighted by Gasteiger charge is -2.49. The minimum absolute atomic E-state index is 0.325. The van der Waals surface area contributed by atoms with Gasteiger partial charge in [0.05, 0.1) is 0 Å². The first-order valence-corrected chi connectivity index (χ1v) is 7.90. The molecule has 2 aliphatic rings. The SMILES string of the molecule is CC1CC(N2CCCCC2C(C)N)CC(C)(C)C1. The highest BCUT2D eigenvalue weighted by molar-refractivity contribution is 4.93. The second-order valence-corrected chi connectivity index (χ2v) is 7.73. The molecule has 18 heavy (non-hydrogen) atoms. The molecule has 2 fully saturated rings. The summed E-state index contributed by atoms with van der Waals surface area (Å²) in [6.45, 7) is 10.8. The Kier molecular flexibility index (Phi) is 4.38. The molecule has 4 atom stereocenters. The van der Waals surface area contributed by atoms with Gasteiger partial charge in [0.25, 0.3) is 0 Å². The Labute approximate surface area is 113 Å². The first kappa shape index (κ1) is 14.3. The Balaban J connectivity index is 2.08. The van der Waals surface area contributed by atoms with Gasteiger partial charge < -0.3 is 5.73 Å². The van der Waals surface area contributed by atoms with Gasteiger partial charge in [0.15, 0.2) is 0 Å². The molecule has 0 amide bonds. The molecule has 0 bridgehead atoms. The van der Waals surface area contributed by atoms with Crippen LogP contribution in [0.2, 0.25) is 0 Å². The zero-order valence-corrected chi connectivity index (χ0v) is 12.8. The smallest absolute Gasteiger partial charge is 0.0247 e.